The number of nitrogens with one attached hydrogen (secondary N) is 1. The lowest BCUT2D eigenvalue weighted by molar-refractivity contribution is -0.253. The predicted molar refractivity (Wildman–Crippen MR) is 131 cm³/mol. The molecule has 4 rings (SSSR count). The number of aliphatic hydroxyl groups excluding tert-OH is 1. The number of aliphatic hydroxyl groups is 1. The van der Waals surface area contributed by atoms with Crippen LogP contribution in [0.15, 0.2) is 48.5 Å². The topological polar surface area (TPSA) is 108 Å². The van der Waals surface area contributed by atoms with Gasteiger partial charge in [-0.2, -0.15) is 0 Å². The van der Waals surface area contributed by atoms with Gasteiger partial charge in [0, 0.05) is 30.6 Å². The van der Waals surface area contributed by atoms with Crippen molar-refractivity contribution in [3.8, 4) is 0 Å². The zero-order valence-electron chi connectivity index (χ0n) is 19.9. The maximum Gasteiger partial charge on any atom is 0.303 e. The molecule has 188 valence electrons. The molecule has 0 radical (unpaired) electrons. The van der Waals surface area contributed by atoms with Gasteiger partial charge in [-0.15, -0.1) is 0 Å². The van der Waals surface area contributed by atoms with E-state index >= 15 is 0 Å². The molecular weight excluding hydrogens is 448 g/mol. The Balaban J connectivity index is 1.50. The highest BCUT2D eigenvalue weighted by Crippen LogP contribution is 2.38. The average Bonchev–Trinajstić information content (AvgIpc) is 2.88. The molecular formula is C27H34N2O6. The van der Waals surface area contributed by atoms with Gasteiger partial charge in [-0.25, -0.2) is 0 Å². The van der Waals surface area contributed by atoms with Crippen molar-refractivity contribution >= 4 is 17.6 Å². The fourth-order valence-electron chi connectivity index (χ4n) is 4.67. The van der Waals surface area contributed by atoms with Gasteiger partial charge in [0.2, 0.25) is 5.91 Å². The molecule has 2 fully saturated rings. The summed E-state index contributed by atoms with van der Waals surface area (Å²) < 4.78 is 12.8. The smallest absolute Gasteiger partial charge is 0.303 e. The fourth-order valence-corrected chi connectivity index (χ4v) is 4.67. The van der Waals surface area contributed by atoms with Gasteiger partial charge in [-0.1, -0.05) is 42.8 Å². The summed E-state index contributed by atoms with van der Waals surface area (Å²) in [7, 11) is 0. The van der Waals surface area contributed by atoms with Crippen LogP contribution in [0.2, 0.25) is 0 Å². The summed E-state index contributed by atoms with van der Waals surface area (Å²) in [6, 6.07) is 15.1. The van der Waals surface area contributed by atoms with Gasteiger partial charge < -0.3 is 29.9 Å². The first-order valence-corrected chi connectivity index (χ1v) is 12.3. The van der Waals surface area contributed by atoms with Crippen molar-refractivity contribution in [1.82, 2.24) is 4.90 Å². The van der Waals surface area contributed by atoms with Crippen molar-refractivity contribution in [3.63, 3.8) is 0 Å². The van der Waals surface area contributed by atoms with Crippen LogP contribution in [0, 0.1) is 0 Å². The van der Waals surface area contributed by atoms with Crippen LogP contribution >= 0.6 is 0 Å². The number of hydrogen-bond donors (Lipinski definition) is 3. The van der Waals surface area contributed by atoms with E-state index in [-0.39, 0.29) is 37.6 Å². The van der Waals surface area contributed by atoms with Crippen molar-refractivity contribution in [3.05, 3.63) is 65.2 Å². The van der Waals surface area contributed by atoms with Crippen molar-refractivity contribution < 1.29 is 29.3 Å². The normalized spacial score (nSPS) is 23.1. The van der Waals surface area contributed by atoms with Crippen LogP contribution < -0.4 is 5.32 Å². The minimum Gasteiger partial charge on any atom is -0.481 e. The minimum atomic E-state index is -1.00. The molecule has 0 spiro atoms. The van der Waals surface area contributed by atoms with Crippen molar-refractivity contribution in [2.24, 2.45) is 0 Å². The quantitative estimate of drug-likeness (QED) is 0.495. The van der Waals surface area contributed by atoms with Gasteiger partial charge in [-0.3, -0.25) is 9.59 Å². The van der Waals surface area contributed by atoms with Gasteiger partial charge in [0.25, 0.3) is 0 Å². The van der Waals surface area contributed by atoms with Crippen molar-refractivity contribution in [2.45, 2.75) is 63.6 Å². The number of carboxylic acid groups (broad SMARTS) is 1. The summed E-state index contributed by atoms with van der Waals surface area (Å²) in [5.41, 5.74) is 3.26. The summed E-state index contributed by atoms with van der Waals surface area (Å²) in [6.07, 6.45) is 3.36. The number of anilines is 1. The molecule has 2 aromatic carbocycles. The highest BCUT2D eigenvalue weighted by molar-refractivity contribution is 5.92. The second-order valence-electron chi connectivity index (χ2n) is 9.28. The molecule has 8 heteroatoms. The molecule has 0 unspecified atom stereocenters. The third-order valence-corrected chi connectivity index (χ3v) is 6.53. The zero-order chi connectivity index (χ0) is 24.6. The SMILES string of the molecule is O=C(O)CCC(=O)Nc1cccc([C@H]2O[C@@H](CN3CCCCC3)C[C@@H](c3ccc(CO)cc3)O2)c1. The molecule has 2 heterocycles. The third-order valence-electron chi connectivity index (χ3n) is 6.53. The monoisotopic (exact) mass is 482 g/mol. The lowest BCUT2D eigenvalue weighted by Crippen LogP contribution is -2.41. The Kier molecular flexibility index (Phi) is 8.87. The summed E-state index contributed by atoms with van der Waals surface area (Å²) in [4.78, 5) is 25.3. The molecule has 8 nitrogen and oxygen atoms in total. The van der Waals surface area contributed by atoms with Crippen molar-refractivity contribution in [1.29, 1.82) is 0 Å². The van der Waals surface area contributed by atoms with Gasteiger partial charge >= 0.3 is 5.97 Å². The number of benzene rings is 2. The number of amides is 1. The number of nitrogens with zero attached hydrogens (tertiary/aromatic N) is 1. The molecule has 35 heavy (non-hydrogen) atoms. The van der Waals surface area contributed by atoms with E-state index in [1.54, 1.807) is 6.07 Å². The van der Waals surface area contributed by atoms with E-state index in [2.05, 4.69) is 10.2 Å². The Morgan fingerprint density at radius 3 is 2.46 bits per heavy atom. The van der Waals surface area contributed by atoms with E-state index in [0.29, 0.717) is 5.69 Å². The number of carbonyl (C=O) groups excluding carboxylic acids is 1. The van der Waals surface area contributed by atoms with Gasteiger partial charge in [0.05, 0.1) is 25.2 Å². The maximum absolute atomic E-state index is 12.1. The molecule has 1 amide bonds. The lowest BCUT2D eigenvalue weighted by Gasteiger charge is -2.39. The van der Waals surface area contributed by atoms with E-state index in [1.165, 1.54) is 19.3 Å². The number of ether oxygens (including phenoxy) is 2. The first kappa shape index (κ1) is 25.3. The van der Waals surface area contributed by atoms with Gasteiger partial charge in [0.1, 0.15) is 0 Å². The molecule has 0 saturated carbocycles. The van der Waals surface area contributed by atoms with Crippen LogP contribution in [0.1, 0.15) is 67.6 Å². The molecule has 2 aromatic rings. The second-order valence-corrected chi connectivity index (χ2v) is 9.28. The van der Waals surface area contributed by atoms with Crippen LogP contribution in [0.3, 0.4) is 0 Å². The largest absolute Gasteiger partial charge is 0.481 e. The second kappa shape index (κ2) is 12.3. The van der Waals surface area contributed by atoms with Crippen LogP contribution in [-0.4, -0.2) is 52.7 Å². The summed E-state index contributed by atoms with van der Waals surface area (Å²) in [6.45, 7) is 3.01. The number of aliphatic carboxylic acids is 1. The zero-order valence-corrected chi connectivity index (χ0v) is 19.9. The Labute approximate surface area is 205 Å². The minimum absolute atomic E-state index is 0.000101. The van der Waals surface area contributed by atoms with Crippen LogP contribution in [0.4, 0.5) is 5.69 Å². The number of likely N-dealkylation sites (tertiary alicyclic amines) is 1. The first-order chi connectivity index (χ1) is 17.0. The molecule has 2 aliphatic rings. The molecule has 0 aromatic heterocycles. The highest BCUT2D eigenvalue weighted by atomic mass is 16.7. The Morgan fingerprint density at radius 1 is 0.971 bits per heavy atom. The average molecular weight is 483 g/mol. The molecule has 3 N–H and O–H groups in total. The van der Waals surface area contributed by atoms with E-state index in [9.17, 15) is 14.7 Å². The number of piperidine rings is 1. The summed E-state index contributed by atoms with van der Waals surface area (Å²) in [5.74, 6) is -1.35. The number of carboxylic acids is 1. The lowest BCUT2D eigenvalue weighted by atomic mass is 9.99. The number of hydrogen-bond acceptors (Lipinski definition) is 6. The fraction of sp³-hybridized carbons (Fsp3) is 0.481. The predicted octanol–water partition coefficient (Wildman–Crippen LogP) is 4.01. The molecule has 3 atom stereocenters. The Bertz CT molecular complexity index is 989. The van der Waals surface area contributed by atoms with Crippen LogP contribution in [-0.2, 0) is 25.7 Å². The van der Waals surface area contributed by atoms with E-state index < -0.39 is 12.3 Å². The highest BCUT2D eigenvalue weighted by Gasteiger charge is 2.33. The van der Waals surface area contributed by atoms with Crippen molar-refractivity contribution in [2.75, 3.05) is 25.0 Å². The molecule has 2 saturated heterocycles. The first-order valence-electron chi connectivity index (χ1n) is 12.3. The third kappa shape index (κ3) is 7.35. The van der Waals surface area contributed by atoms with Crippen LogP contribution in [0.5, 0.6) is 0 Å². The summed E-state index contributed by atoms with van der Waals surface area (Å²) >= 11 is 0. The van der Waals surface area contributed by atoms with E-state index in [1.807, 2.05) is 42.5 Å². The standard InChI is InChI=1S/C27H34N2O6/c30-18-19-7-9-20(10-8-19)24-16-23(17-29-13-2-1-3-14-29)34-27(35-24)21-5-4-6-22(15-21)28-25(31)11-12-26(32)33/h4-10,15,23-24,27,30H,1-3,11-14,16-18H2,(H,28,31)(H,32,33)/t23-,24+,27+/m1/s1. The maximum atomic E-state index is 12.1. The summed E-state index contributed by atoms with van der Waals surface area (Å²) in [5, 5.41) is 21.0. The molecule has 0 aliphatic carbocycles. The van der Waals surface area contributed by atoms with E-state index in [0.717, 1.165) is 42.7 Å². The van der Waals surface area contributed by atoms with Gasteiger partial charge in [-0.05, 0) is 49.2 Å². The molecule has 2 aliphatic heterocycles. The number of rotatable bonds is 9. The Morgan fingerprint density at radius 2 is 1.74 bits per heavy atom. The number of carbonyl (C=O) groups is 2. The van der Waals surface area contributed by atoms with E-state index in [4.69, 9.17) is 14.6 Å². The van der Waals surface area contributed by atoms with Crippen LogP contribution in [0.25, 0.3) is 0 Å². The van der Waals surface area contributed by atoms with Gasteiger partial charge in [0.15, 0.2) is 6.29 Å². The Hall–Kier alpha value is -2.78. The molecule has 0 bridgehead atoms.